The molecule has 0 saturated carbocycles. The lowest BCUT2D eigenvalue weighted by Gasteiger charge is -2.10. The number of aromatic nitrogens is 2. The molecule has 2 nitrogen and oxygen atoms in total. The maximum Gasteiger partial charge on any atom is 0.0958 e. The van der Waals surface area contributed by atoms with Gasteiger partial charge in [0.2, 0.25) is 0 Å². The Hall–Kier alpha value is -0.830. The summed E-state index contributed by atoms with van der Waals surface area (Å²) < 4.78 is 2.25. The summed E-state index contributed by atoms with van der Waals surface area (Å²) in [5.74, 6) is 0.764. The highest BCUT2D eigenvalue weighted by atomic mass is 79.9. The fraction of sp³-hybridized carbons (Fsp3) is 0.462. The molecule has 0 saturated heterocycles. The van der Waals surface area contributed by atoms with Crippen LogP contribution >= 0.6 is 15.9 Å². The largest absolute Gasteiger partial charge is 0.331 e. The number of hydrogen-bond donors (Lipinski definition) is 0. The van der Waals surface area contributed by atoms with Crippen LogP contribution in [0.5, 0.6) is 0 Å². The zero-order chi connectivity index (χ0) is 11.4. The molecule has 1 aromatic heterocycles. The van der Waals surface area contributed by atoms with Crippen LogP contribution in [0.3, 0.4) is 0 Å². The summed E-state index contributed by atoms with van der Waals surface area (Å²) in [5.41, 5.74) is 2.34. The number of fused-ring (bicyclic) bond motifs is 1. The summed E-state index contributed by atoms with van der Waals surface area (Å²) in [4.78, 5) is 4.40. The average molecular weight is 281 g/mol. The van der Waals surface area contributed by atoms with Crippen LogP contribution in [0, 0.1) is 5.92 Å². The molecule has 1 heterocycles. The summed E-state index contributed by atoms with van der Waals surface area (Å²) in [6.45, 7) is 3.37. The normalized spacial score (nSPS) is 13.1. The summed E-state index contributed by atoms with van der Waals surface area (Å²) in [6, 6.07) is 8.31. The van der Waals surface area contributed by atoms with E-state index in [1.165, 1.54) is 18.4 Å². The van der Waals surface area contributed by atoms with Crippen LogP contribution < -0.4 is 0 Å². The number of para-hydroxylation sites is 2. The molecule has 0 N–H and O–H groups in total. The minimum Gasteiger partial charge on any atom is -0.331 e. The molecule has 0 spiro atoms. The van der Waals surface area contributed by atoms with E-state index in [1.807, 2.05) is 12.4 Å². The van der Waals surface area contributed by atoms with Gasteiger partial charge in [0.05, 0.1) is 17.4 Å². The van der Waals surface area contributed by atoms with E-state index in [2.05, 4.69) is 50.6 Å². The van der Waals surface area contributed by atoms with Crippen LogP contribution in [-0.4, -0.2) is 14.9 Å². The third-order valence-corrected chi connectivity index (χ3v) is 3.45. The summed E-state index contributed by atoms with van der Waals surface area (Å²) in [7, 11) is 0. The second-order valence-corrected chi connectivity index (χ2v) is 5.09. The van der Waals surface area contributed by atoms with Gasteiger partial charge in [-0.25, -0.2) is 4.98 Å². The predicted molar refractivity (Wildman–Crippen MR) is 71.9 cm³/mol. The van der Waals surface area contributed by atoms with Gasteiger partial charge in [-0.15, -0.1) is 0 Å². The quantitative estimate of drug-likeness (QED) is 0.761. The third kappa shape index (κ3) is 2.64. The number of nitrogens with zero attached hydrogens (tertiary/aromatic N) is 2. The Balaban J connectivity index is 2.04. The fourth-order valence-corrected chi connectivity index (χ4v) is 2.66. The highest BCUT2D eigenvalue weighted by molar-refractivity contribution is 9.09. The maximum atomic E-state index is 4.40. The van der Waals surface area contributed by atoms with E-state index in [-0.39, 0.29) is 0 Å². The van der Waals surface area contributed by atoms with E-state index in [4.69, 9.17) is 0 Å². The van der Waals surface area contributed by atoms with Crippen molar-refractivity contribution in [3.05, 3.63) is 30.6 Å². The van der Waals surface area contributed by atoms with Crippen molar-refractivity contribution in [1.29, 1.82) is 0 Å². The lowest BCUT2D eigenvalue weighted by molar-refractivity contribution is 0.477. The van der Waals surface area contributed by atoms with E-state index < -0.39 is 0 Å². The van der Waals surface area contributed by atoms with Gasteiger partial charge in [-0.1, -0.05) is 35.0 Å². The number of rotatable bonds is 5. The highest BCUT2D eigenvalue weighted by Crippen LogP contribution is 2.15. The van der Waals surface area contributed by atoms with Crippen molar-refractivity contribution in [2.75, 3.05) is 5.33 Å². The number of halogens is 1. The molecule has 0 aliphatic carbocycles. The molecular formula is C13H17BrN2. The molecule has 1 aromatic carbocycles. The standard InChI is InChI=1S/C13H17BrN2/c1-11(6-8-14)7-9-16-10-15-12-4-2-3-5-13(12)16/h2-5,10-11H,6-9H2,1H3. The smallest absolute Gasteiger partial charge is 0.0958 e. The van der Waals surface area contributed by atoms with E-state index in [0.29, 0.717) is 0 Å². The summed E-state index contributed by atoms with van der Waals surface area (Å²) in [5, 5.41) is 1.10. The molecule has 1 atom stereocenters. The molecular weight excluding hydrogens is 264 g/mol. The van der Waals surface area contributed by atoms with Crippen molar-refractivity contribution in [3.8, 4) is 0 Å². The minimum atomic E-state index is 0.764. The zero-order valence-electron chi connectivity index (χ0n) is 9.56. The molecule has 86 valence electrons. The number of alkyl halides is 1. The average Bonchev–Trinajstić information content (AvgIpc) is 2.70. The molecule has 0 radical (unpaired) electrons. The number of benzene rings is 1. The van der Waals surface area contributed by atoms with Crippen LogP contribution in [0.15, 0.2) is 30.6 Å². The van der Waals surface area contributed by atoms with Crippen LogP contribution in [0.4, 0.5) is 0 Å². The van der Waals surface area contributed by atoms with E-state index >= 15 is 0 Å². The number of aryl methyl sites for hydroxylation is 1. The molecule has 16 heavy (non-hydrogen) atoms. The van der Waals surface area contributed by atoms with Gasteiger partial charge in [-0.2, -0.15) is 0 Å². The first-order valence-electron chi connectivity index (χ1n) is 5.77. The Morgan fingerprint density at radius 2 is 2.12 bits per heavy atom. The van der Waals surface area contributed by atoms with Crippen molar-refractivity contribution >= 4 is 27.0 Å². The van der Waals surface area contributed by atoms with Crippen LogP contribution in [-0.2, 0) is 6.54 Å². The molecule has 0 bridgehead atoms. The molecule has 0 aliphatic heterocycles. The Kier molecular flexibility index (Phi) is 3.99. The van der Waals surface area contributed by atoms with Crippen molar-refractivity contribution in [2.45, 2.75) is 26.3 Å². The lowest BCUT2D eigenvalue weighted by Crippen LogP contribution is -2.03. The van der Waals surface area contributed by atoms with Crippen LogP contribution in [0.25, 0.3) is 11.0 Å². The molecule has 0 fully saturated rings. The van der Waals surface area contributed by atoms with E-state index in [1.54, 1.807) is 0 Å². The molecule has 3 heteroatoms. The van der Waals surface area contributed by atoms with Gasteiger partial charge in [0, 0.05) is 11.9 Å². The topological polar surface area (TPSA) is 17.8 Å². The lowest BCUT2D eigenvalue weighted by atomic mass is 10.1. The van der Waals surface area contributed by atoms with Gasteiger partial charge in [-0.05, 0) is 30.9 Å². The van der Waals surface area contributed by atoms with Gasteiger partial charge in [0.1, 0.15) is 0 Å². The SMILES string of the molecule is CC(CCBr)CCn1cnc2ccccc21. The second-order valence-electron chi connectivity index (χ2n) is 4.30. The van der Waals surface area contributed by atoms with Gasteiger partial charge in [0.15, 0.2) is 0 Å². The zero-order valence-corrected chi connectivity index (χ0v) is 11.2. The monoisotopic (exact) mass is 280 g/mol. The third-order valence-electron chi connectivity index (χ3n) is 2.99. The summed E-state index contributed by atoms with van der Waals surface area (Å²) in [6.07, 6.45) is 4.41. The van der Waals surface area contributed by atoms with Crippen LogP contribution in [0.1, 0.15) is 19.8 Å². The Morgan fingerprint density at radius 1 is 1.31 bits per heavy atom. The highest BCUT2D eigenvalue weighted by Gasteiger charge is 2.04. The fourth-order valence-electron chi connectivity index (χ4n) is 1.88. The van der Waals surface area contributed by atoms with Crippen molar-refractivity contribution in [3.63, 3.8) is 0 Å². The Bertz CT molecular complexity index is 450. The second kappa shape index (κ2) is 5.48. The van der Waals surface area contributed by atoms with E-state index in [9.17, 15) is 0 Å². The molecule has 2 rings (SSSR count). The Labute approximate surface area is 105 Å². The molecule has 2 aromatic rings. The Morgan fingerprint density at radius 3 is 2.94 bits per heavy atom. The number of hydrogen-bond acceptors (Lipinski definition) is 1. The van der Waals surface area contributed by atoms with Crippen molar-refractivity contribution in [1.82, 2.24) is 9.55 Å². The predicted octanol–water partition coefficient (Wildman–Crippen LogP) is 3.85. The van der Waals surface area contributed by atoms with Gasteiger partial charge in [-0.3, -0.25) is 0 Å². The first-order chi connectivity index (χ1) is 7.81. The summed E-state index contributed by atoms with van der Waals surface area (Å²) >= 11 is 3.49. The van der Waals surface area contributed by atoms with Crippen molar-refractivity contribution < 1.29 is 0 Å². The van der Waals surface area contributed by atoms with Gasteiger partial charge in [0.25, 0.3) is 0 Å². The maximum absolute atomic E-state index is 4.40. The first kappa shape index (κ1) is 11.6. The van der Waals surface area contributed by atoms with Crippen molar-refractivity contribution in [2.24, 2.45) is 5.92 Å². The molecule has 0 amide bonds. The van der Waals surface area contributed by atoms with Gasteiger partial charge >= 0.3 is 0 Å². The van der Waals surface area contributed by atoms with Crippen LogP contribution in [0.2, 0.25) is 0 Å². The number of imidazole rings is 1. The first-order valence-corrected chi connectivity index (χ1v) is 6.89. The molecule has 0 aliphatic rings. The minimum absolute atomic E-state index is 0.764. The van der Waals surface area contributed by atoms with Gasteiger partial charge < -0.3 is 4.57 Å². The molecule has 1 unspecified atom stereocenters. The van der Waals surface area contributed by atoms with E-state index in [0.717, 1.165) is 23.3 Å².